The monoisotopic (exact) mass is 276 g/mol. The minimum Gasteiger partial charge on any atom is -0.391 e. The van der Waals surface area contributed by atoms with Gasteiger partial charge in [-0.1, -0.05) is 24.4 Å². The number of benzene rings is 1. The standard InChI is InChI=1S/C15H17ClN2O/c16-11-7-8-13(15-10(11)4-3-9-17-15)18-12-5-1-2-6-14(12)19/h3-4,7-9,12,14,18-19H,1-2,5-6H2/t12-,14-/m1/s1. The van der Waals surface area contributed by atoms with Gasteiger partial charge in [-0.15, -0.1) is 0 Å². The number of aliphatic hydroxyl groups is 1. The van der Waals surface area contributed by atoms with Crippen LogP contribution in [0.5, 0.6) is 0 Å². The average Bonchev–Trinajstić information content (AvgIpc) is 2.44. The number of pyridine rings is 1. The highest BCUT2D eigenvalue weighted by atomic mass is 35.5. The Labute approximate surface area is 117 Å². The molecule has 1 aliphatic rings. The van der Waals surface area contributed by atoms with Crippen molar-refractivity contribution >= 4 is 28.2 Å². The molecule has 3 rings (SSSR count). The molecule has 0 aliphatic heterocycles. The third kappa shape index (κ3) is 2.53. The maximum atomic E-state index is 10.0. The second-order valence-corrected chi connectivity index (χ2v) is 5.50. The van der Waals surface area contributed by atoms with Crippen molar-refractivity contribution in [2.24, 2.45) is 0 Å². The molecule has 4 heteroatoms. The summed E-state index contributed by atoms with van der Waals surface area (Å²) in [5.74, 6) is 0. The number of anilines is 1. The van der Waals surface area contributed by atoms with Gasteiger partial charge in [0.05, 0.1) is 28.4 Å². The van der Waals surface area contributed by atoms with Crippen molar-refractivity contribution in [1.29, 1.82) is 0 Å². The highest BCUT2D eigenvalue weighted by molar-refractivity contribution is 6.35. The number of aliphatic hydroxyl groups excluding tert-OH is 1. The summed E-state index contributed by atoms with van der Waals surface area (Å²) in [7, 11) is 0. The number of halogens is 1. The van der Waals surface area contributed by atoms with Gasteiger partial charge in [-0.25, -0.2) is 0 Å². The van der Waals surface area contributed by atoms with Crippen molar-refractivity contribution < 1.29 is 5.11 Å². The van der Waals surface area contributed by atoms with Crippen molar-refractivity contribution in [2.45, 2.75) is 37.8 Å². The maximum absolute atomic E-state index is 10.0. The summed E-state index contributed by atoms with van der Waals surface area (Å²) in [6.07, 6.45) is 5.63. The SMILES string of the molecule is O[C@@H]1CCCC[C@H]1Nc1ccc(Cl)c2cccnc12. The van der Waals surface area contributed by atoms with E-state index in [9.17, 15) is 5.11 Å². The average molecular weight is 277 g/mol. The molecule has 2 aromatic rings. The molecule has 3 nitrogen and oxygen atoms in total. The van der Waals surface area contributed by atoms with E-state index >= 15 is 0 Å². The molecule has 0 unspecified atom stereocenters. The van der Waals surface area contributed by atoms with E-state index in [1.165, 1.54) is 0 Å². The quantitative estimate of drug-likeness (QED) is 0.881. The summed E-state index contributed by atoms with van der Waals surface area (Å²) >= 11 is 6.18. The van der Waals surface area contributed by atoms with Gasteiger partial charge in [0, 0.05) is 11.6 Å². The first-order valence-corrected chi connectivity index (χ1v) is 7.11. The zero-order chi connectivity index (χ0) is 13.2. The Morgan fingerprint density at radius 2 is 2.05 bits per heavy atom. The summed E-state index contributed by atoms with van der Waals surface area (Å²) in [5.41, 5.74) is 1.82. The van der Waals surface area contributed by atoms with Crippen LogP contribution in [0, 0.1) is 0 Å². The minimum absolute atomic E-state index is 0.111. The van der Waals surface area contributed by atoms with Gasteiger partial charge in [0.15, 0.2) is 0 Å². The van der Waals surface area contributed by atoms with Gasteiger partial charge in [0.25, 0.3) is 0 Å². The number of aromatic nitrogens is 1. The van der Waals surface area contributed by atoms with Crippen LogP contribution < -0.4 is 5.32 Å². The molecule has 1 saturated carbocycles. The molecule has 0 radical (unpaired) electrons. The highest BCUT2D eigenvalue weighted by Gasteiger charge is 2.23. The summed E-state index contributed by atoms with van der Waals surface area (Å²) in [6, 6.07) is 7.78. The Morgan fingerprint density at radius 3 is 2.89 bits per heavy atom. The Hall–Kier alpha value is -1.32. The molecule has 0 saturated heterocycles. The topological polar surface area (TPSA) is 45.1 Å². The second-order valence-electron chi connectivity index (χ2n) is 5.10. The predicted octanol–water partition coefficient (Wildman–Crippen LogP) is 3.60. The lowest BCUT2D eigenvalue weighted by atomic mass is 9.92. The van der Waals surface area contributed by atoms with E-state index in [1.807, 2.05) is 24.3 Å². The lowest BCUT2D eigenvalue weighted by Gasteiger charge is -2.29. The van der Waals surface area contributed by atoms with Crippen molar-refractivity contribution in [3.8, 4) is 0 Å². The van der Waals surface area contributed by atoms with Gasteiger partial charge in [0.2, 0.25) is 0 Å². The molecule has 0 bridgehead atoms. The fraction of sp³-hybridized carbons (Fsp3) is 0.400. The molecule has 19 heavy (non-hydrogen) atoms. The summed E-state index contributed by atoms with van der Waals surface area (Å²) < 4.78 is 0. The molecule has 100 valence electrons. The fourth-order valence-electron chi connectivity index (χ4n) is 2.73. The lowest BCUT2D eigenvalue weighted by molar-refractivity contribution is 0.116. The first-order valence-electron chi connectivity index (χ1n) is 6.73. The molecule has 1 heterocycles. The largest absolute Gasteiger partial charge is 0.391 e. The number of fused-ring (bicyclic) bond motifs is 1. The third-order valence-electron chi connectivity index (χ3n) is 3.79. The Kier molecular flexibility index (Phi) is 3.58. The number of nitrogens with one attached hydrogen (secondary N) is 1. The van der Waals surface area contributed by atoms with E-state index in [1.54, 1.807) is 6.20 Å². The fourth-order valence-corrected chi connectivity index (χ4v) is 2.95. The van der Waals surface area contributed by atoms with Crippen LogP contribution in [0.25, 0.3) is 10.9 Å². The van der Waals surface area contributed by atoms with Crippen LogP contribution in [0.3, 0.4) is 0 Å². The van der Waals surface area contributed by atoms with Gasteiger partial charge in [-0.2, -0.15) is 0 Å². The van der Waals surface area contributed by atoms with Crippen LogP contribution >= 0.6 is 11.6 Å². The summed E-state index contributed by atoms with van der Waals surface area (Å²) in [5, 5.41) is 15.1. The number of nitrogens with zero attached hydrogens (tertiary/aromatic N) is 1. The van der Waals surface area contributed by atoms with Gasteiger partial charge < -0.3 is 10.4 Å². The second kappa shape index (κ2) is 5.35. The van der Waals surface area contributed by atoms with E-state index in [2.05, 4.69) is 10.3 Å². The summed E-state index contributed by atoms with van der Waals surface area (Å²) in [4.78, 5) is 4.40. The molecule has 1 aliphatic carbocycles. The van der Waals surface area contributed by atoms with E-state index < -0.39 is 0 Å². The lowest BCUT2D eigenvalue weighted by Crippen LogP contribution is -2.36. The van der Waals surface area contributed by atoms with E-state index in [0.29, 0.717) is 5.02 Å². The molecular weight excluding hydrogens is 260 g/mol. The third-order valence-corrected chi connectivity index (χ3v) is 4.12. The molecule has 1 aromatic heterocycles. The molecule has 2 N–H and O–H groups in total. The Balaban J connectivity index is 1.94. The Morgan fingerprint density at radius 1 is 1.21 bits per heavy atom. The highest BCUT2D eigenvalue weighted by Crippen LogP contribution is 2.30. The normalized spacial score (nSPS) is 23.5. The first kappa shape index (κ1) is 12.7. The van der Waals surface area contributed by atoms with Gasteiger partial charge in [-0.05, 0) is 37.1 Å². The minimum atomic E-state index is -0.275. The van der Waals surface area contributed by atoms with Crippen molar-refractivity contribution in [1.82, 2.24) is 4.98 Å². The summed E-state index contributed by atoms with van der Waals surface area (Å²) in [6.45, 7) is 0. The molecule has 2 atom stereocenters. The van der Waals surface area contributed by atoms with E-state index in [4.69, 9.17) is 11.6 Å². The predicted molar refractivity (Wildman–Crippen MR) is 78.6 cm³/mol. The molecule has 0 spiro atoms. The zero-order valence-corrected chi connectivity index (χ0v) is 11.4. The molecule has 1 fully saturated rings. The molecular formula is C15H17ClN2O. The Bertz CT molecular complexity index is 587. The van der Waals surface area contributed by atoms with Crippen molar-refractivity contribution in [2.75, 3.05) is 5.32 Å². The van der Waals surface area contributed by atoms with E-state index in [0.717, 1.165) is 42.3 Å². The van der Waals surface area contributed by atoms with E-state index in [-0.39, 0.29) is 12.1 Å². The first-order chi connectivity index (χ1) is 9.25. The molecule has 0 amide bonds. The number of hydrogen-bond acceptors (Lipinski definition) is 3. The van der Waals surface area contributed by atoms with Crippen LogP contribution in [0.2, 0.25) is 5.02 Å². The van der Waals surface area contributed by atoms with Crippen LogP contribution in [0.1, 0.15) is 25.7 Å². The van der Waals surface area contributed by atoms with Gasteiger partial charge in [-0.3, -0.25) is 4.98 Å². The van der Waals surface area contributed by atoms with Crippen LogP contribution in [-0.2, 0) is 0 Å². The van der Waals surface area contributed by atoms with Crippen LogP contribution in [-0.4, -0.2) is 22.2 Å². The van der Waals surface area contributed by atoms with Crippen molar-refractivity contribution in [3.05, 3.63) is 35.5 Å². The van der Waals surface area contributed by atoms with Crippen LogP contribution in [0.15, 0.2) is 30.5 Å². The molecule has 1 aromatic carbocycles. The maximum Gasteiger partial charge on any atom is 0.0948 e. The van der Waals surface area contributed by atoms with Gasteiger partial charge >= 0.3 is 0 Å². The van der Waals surface area contributed by atoms with Gasteiger partial charge in [0.1, 0.15) is 0 Å². The van der Waals surface area contributed by atoms with Crippen molar-refractivity contribution in [3.63, 3.8) is 0 Å². The smallest absolute Gasteiger partial charge is 0.0948 e. The van der Waals surface area contributed by atoms with Crippen LogP contribution in [0.4, 0.5) is 5.69 Å². The number of hydrogen-bond donors (Lipinski definition) is 2. The number of rotatable bonds is 2. The zero-order valence-electron chi connectivity index (χ0n) is 10.6.